The third-order valence-electron chi connectivity index (χ3n) is 2.98. The Kier molecular flexibility index (Phi) is 2.99. The molecule has 0 bridgehead atoms. The van der Waals surface area contributed by atoms with E-state index in [0.29, 0.717) is 0 Å². The molecule has 0 saturated heterocycles. The van der Waals surface area contributed by atoms with Crippen molar-refractivity contribution in [2.45, 2.75) is 36.1 Å². The highest BCUT2D eigenvalue weighted by Crippen LogP contribution is 2.36. The van der Waals surface area contributed by atoms with Gasteiger partial charge >= 0.3 is 0 Å². The van der Waals surface area contributed by atoms with E-state index in [0.717, 1.165) is 31.2 Å². The Morgan fingerprint density at radius 1 is 1.38 bits per heavy atom. The van der Waals surface area contributed by atoms with Crippen LogP contribution in [0.25, 0.3) is 0 Å². The molecule has 0 unspecified atom stereocenters. The summed E-state index contributed by atoms with van der Waals surface area (Å²) in [6, 6.07) is 6.73. The minimum atomic E-state index is -3.62. The number of nitrogens with two attached hydrogens (primary N) is 1. The SMILES string of the molecule is NC1(CCc2cccc(S(=O)(=O)Cl)c2)CC1. The average Bonchev–Trinajstić information content (AvgIpc) is 2.94. The number of halogens is 1. The molecule has 0 aromatic heterocycles. The molecule has 2 N–H and O–H groups in total. The van der Waals surface area contributed by atoms with Crippen LogP contribution in [0, 0.1) is 0 Å². The molecule has 2 rings (SSSR count). The molecule has 1 aliphatic carbocycles. The Morgan fingerprint density at radius 2 is 2.06 bits per heavy atom. The third kappa shape index (κ3) is 2.97. The highest BCUT2D eigenvalue weighted by molar-refractivity contribution is 8.13. The van der Waals surface area contributed by atoms with Gasteiger partial charge in [-0.3, -0.25) is 0 Å². The largest absolute Gasteiger partial charge is 0.325 e. The van der Waals surface area contributed by atoms with Crippen LogP contribution in [-0.4, -0.2) is 14.0 Å². The van der Waals surface area contributed by atoms with Crippen molar-refractivity contribution in [3.63, 3.8) is 0 Å². The average molecular weight is 260 g/mol. The lowest BCUT2D eigenvalue weighted by molar-refractivity contribution is 0.605. The first-order valence-corrected chi connectivity index (χ1v) is 7.53. The molecule has 0 amide bonds. The monoisotopic (exact) mass is 259 g/mol. The van der Waals surface area contributed by atoms with Gasteiger partial charge in [-0.15, -0.1) is 0 Å². The van der Waals surface area contributed by atoms with Crippen LogP contribution in [0.1, 0.15) is 24.8 Å². The van der Waals surface area contributed by atoms with E-state index >= 15 is 0 Å². The summed E-state index contributed by atoms with van der Waals surface area (Å²) in [7, 11) is 1.66. The second-order valence-corrected chi connectivity index (χ2v) is 7.01. The molecule has 0 atom stereocenters. The fraction of sp³-hybridized carbons (Fsp3) is 0.455. The maximum Gasteiger partial charge on any atom is 0.261 e. The fourth-order valence-electron chi connectivity index (χ4n) is 1.66. The number of rotatable bonds is 4. The van der Waals surface area contributed by atoms with Crippen LogP contribution >= 0.6 is 10.7 Å². The molecule has 5 heteroatoms. The van der Waals surface area contributed by atoms with E-state index in [-0.39, 0.29) is 10.4 Å². The Bertz CT molecular complexity index is 494. The van der Waals surface area contributed by atoms with Crippen LogP contribution in [0.3, 0.4) is 0 Å². The van der Waals surface area contributed by atoms with E-state index < -0.39 is 9.05 Å². The van der Waals surface area contributed by atoms with Crippen LogP contribution in [0.2, 0.25) is 0 Å². The zero-order chi connectivity index (χ0) is 11.8. The van der Waals surface area contributed by atoms with E-state index in [1.165, 1.54) is 6.07 Å². The predicted octanol–water partition coefficient (Wildman–Crippen LogP) is 2.04. The first-order chi connectivity index (χ1) is 7.39. The number of hydrogen-bond donors (Lipinski definition) is 1. The molecular weight excluding hydrogens is 246 g/mol. The van der Waals surface area contributed by atoms with Crippen LogP contribution in [0.15, 0.2) is 29.2 Å². The number of hydrogen-bond acceptors (Lipinski definition) is 3. The lowest BCUT2D eigenvalue weighted by atomic mass is 10.0. The van der Waals surface area contributed by atoms with Crippen molar-refractivity contribution in [2.75, 3.05) is 0 Å². The van der Waals surface area contributed by atoms with E-state index in [4.69, 9.17) is 16.4 Å². The van der Waals surface area contributed by atoms with Gasteiger partial charge in [0.05, 0.1) is 4.90 Å². The van der Waals surface area contributed by atoms with E-state index in [2.05, 4.69) is 0 Å². The summed E-state index contributed by atoms with van der Waals surface area (Å²) in [6.07, 6.45) is 3.84. The highest BCUT2D eigenvalue weighted by atomic mass is 35.7. The molecule has 0 aliphatic heterocycles. The molecule has 1 saturated carbocycles. The third-order valence-corrected chi connectivity index (χ3v) is 4.34. The summed E-state index contributed by atoms with van der Waals surface area (Å²) in [6.45, 7) is 0. The minimum absolute atomic E-state index is 0.00412. The summed E-state index contributed by atoms with van der Waals surface area (Å²) in [5.41, 5.74) is 6.94. The normalized spacial score (nSPS) is 18.4. The standard InChI is InChI=1S/C11H14ClNO2S/c12-16(14,15)10-3-1-2-9(8-10)4-5-11(13)6-7-11/h1-3,8H,4-7,13H2. The van der Waals surface area contributed by atoms with Crippen molar-refractivity contribution < 1.29 is 8.42 Å². The minimum Gasteiger partial charge on any atom is -0.325 e. The van der Waals surface area contributed by atoms with Gasteiger partial charge in [-0.2, -0.15) is 0 Å². The zero-order valence-electron chi connectivity index (χ0n) is 8.82. The van der Waals surface area contributed by atoms with Crippen molar-refractivity contribution >= 4 is 19.7 Å². The summed E-state index contributed by atoms with van der Waals surface area (Å²) in [5.74, 6) is 0. The molecule has 0 spiro atoms. The first-order valence-electron chi connectivity index (χ1n) is 5.22. The van der Waals surface area contributed by atoms with E-state index in [9.17, 15) is 8.42 Å². The number of aryl methyl sites for hydroxylation is 1. The Morgan fingerprint density at radius 3 is 2.62 bits per heavy atom. The molecular formula is C11H14ClNO2S. The first kappa shape index (κ1) is 11.9. The second-order valence-electron chi connectivity index (χ2n) is 4.45. The molecule has 88 valence electrons. The topological polar surface area (TPSA) is 60.2 Å². The maximum absolute atomic E-state index is 11.1. The fourth-order valence-corrected chi connectivity index (χ4v) is 2.48. The smallest absolute Gasteiger partial charge is 0.261 e. The van der Waals surface area contributed by atoms with Gasteiger partial charge in [-0.25, -0.2) is 8.42 Å². The molecule has 3 nitrogen and oxygen atoms in total. The second kappa shape index (κ2) is 4.02. The van der Waals surface area contributed by atoms with Crippen LogP contribution in [-0.2, 0) is 15.5 Å². The zero-order valence-corrected chi connectivity index (χ0v) is 10.4. The van der Waals surface area contributed by atoms with Gasteiger partial charge in [0.1, 0.15) is 0 Å². The van der Waals surface area contributed by atoms with Gasteiger partial charge in [0.25, 0.3) is 9.05 Å². The predicted molar refractivity (Wildman–Crippen MR) is 64.0 cm³/mol. The molecule has 1 aromatic rings. The highest BCUT2D eigenvalue weighted by Gasteiger charge is 2.37. The molecule has 0 radical (unpaired) electrons. The summed E-state index contributed by atoms with van der Waals surface area (Å²) >= 11 is 0. The molecule has 0 heterocycles. The van der Waals surface area contributed by atoms with Crippen molar-refractivity contribution in [1.29, 1.82) is 0 Å². The maximum atomic E-state index is 11.1. The van der Waals surface area contributed by atoms with Gasteiger partial charge in [0.15, 0.2) is 0 Å². The molecule has 1 aromatic carbocycles. The van der Waals surface area contributed by atoms with Crippen LogP contribution in [0.4, 0.5) is 0 Å². The van der Waals surface area contributed by atoms with Crippen molar-refractivity contribution in [3.05, 3.63) is 29.8 Å². The summed E-state index contributed by atoms with van der Waals surface area (Å²) in [4.78, 5) is 0.161. The summed E-state index contributed by atoms with van der Waals surface area (Å²) in [5, 5.41) is 0. The van der Waals surface area contributed by atoms with Gasteiger partial charge in [0, 0.05) is 16.2 Å². The van der Waals surface area contributed by atoms with Crippen molar-refractivity contribution in [3.8, 4) is 0 Å². The van der Waals surface area contributed by atoms with Crippen molar-refractivity contribution in [2.24, 2.45) is 5.73 Å². The summed E-state index contributed by atoms with van der Waals surface area (Å²) < 4.78 is 22.3. The molecule has 16 heavy (non-hydrogen) atoms. The van der Waals surface area contributed by atoms with Gasteiger partial charge in [0.2, 0.25) is 0 Å². The Hall–Kier alpha value is -0.580. The van der Waals surface area contributed by atoms with E-state index in [1.54, 1.807) is 12.1 Å². The lowest BCUT2D eigenvalue weighted by Crippen LogP contribution is -2.22. The molecule has 1 fully saturated rings. The Balaban J connectivity index is 2.10. The van der Waals surface area contributed by atoms with Crippen LogP contribution in [0.5, 0.6) is 0 Å². The van der Waals surface area contributed by atoms with Crippen LogP contribution < -0.4 is 5.73 Å². The quantitative estimate of drug-likeness (QED) is 0.842. The van der Waals surface area contributed by atoms with Gasteiger partial charge in [-0.1, -0.05) is 12.1 Å². The Labute approximate surface area is 100 Å². The lowest BCUT2D eigenvalue weighted by Gasteiger charge is -2.08. The number of benzene rings is 1. The van der Waals surface area contributed by atoms with Crippen molar-refractivity contribution in [1.82, 2.24) is 0 Å². The van der Waals surface area contributed by atoms with E-state index in [1.807, 2.05) is 6.07 Å². The van der Waals surface area contributed by atoms with Gasteiger partial charge in [-0.05, 0) is 43.4 Å². The van der Waals surface area contributed by atoms with Gasteiger partial charge < -0.3 is 5.73 Å². The molecule has 1 aliphatic rings.